The van der Waals surface area contributed by atoms with Crippen molar-refractivity contribution in [2.24, 2.45) is 11.8 Å². The molecule has 0 amide bonds. The number of hydrogen-bond donors (Lipinski definition) is 0. The van der Waals surface area contributed by atoms with E-state index in [4.69, 9.17) is 10.1 Å². The lowest BCUT2D eigenvalue weighted by Gasteiger charge is -2.21. The van der Waals surface area contributed by atoms with Crippen LogP contribution in [-0.4, -0.2) is 62.9 Å². The summed E-state index contributed by atoms with van der Waals surface area (Å²) in [6.45, 7) is 6.42. The highest BCUT2D eigenvalue weighted by molar-refractivity contribution is 5.82. The molecule has 7 nitrogen and oxygen atoms in total. The van der Waals surface area contributed by atoms with Gasteiger partial charge in [-0.25, -0.2) is 13.9 Å². The van der Waals surface area contributed by atoms with Crippen LogP contribution in [-0.2, 0) is 0 Å². The fourth-order valence-corrected chi connectivity index (χ4v) is 5.22. The minimum Gasteiger partial charge on any atom is -0.354 e. The summed E-state index contributed by atoms with van der Waals surface area (Å²) in [6.07, 6.45) is 3.38. The number of imidazole rings is 1. The van der Waals surface area contributed by atoms with E-state index in [0.717, 1.165) is 65.7 Å². The molecule has 162 valence electrons. The van der Waals surface area contributed by atoms with Gasteiger partial charge in [-0.15, -0.1) is 5.10 Å². The van der Waals surface area contributed by atoms with E-state index in [1.54, 1.807) is 24.5 Å². The van der Waals surface area contributed by atoms with Crippen LogP contribution in [0.4, 0.5) is 10.2 Å². The Morgan fingerprint density at radius 1 is 0.938 bits per heavy atom. The van der Waals surface area contributed by atoms with Crippen LogP contribution in [0.2, 0.25) is 0 Å². The molecule has 0 saturated carbocycles. The highest BCUT2D eigenvalue weighted by atomic mass is 19.1. The summed E-state index contributed by atoms with van der Waals surface area (Å²) in [5.41, 5.74) is 5.15. The van der Waals surface area contributed by atoms with Crippen molar-refractivity contribution in [2.75, 3.05) is 38.1 Å². The van der Waals surface area contributed by atoms with Crippen molar-refractivity contribution in [3.8, 4) is 22.5 Å². The lowest BCUT2D eigenvalue weighted by molar-refractivity contribution is 0.386. The van der Waals surface area contributed by atoms with Crippen LogP contribution in [0.25, 0.3) is 28.2 Å². The number of anilines is 1. The average molecular weight is 430 g/mol. The number of aryl methyl sites for hydroxylation is 1. The molecule has 2 unspecified atom stereocenters. The van der Waals surface area contributed by atoms with Crippen molar-refractivity contribution >= 4 is 11.5 Å². The minimum absolute atomic E-state index is 0.272. The molecule has 1 aromatic carbocycles. The van der Waals surface area contributed by atoms with Crippen LogP contribution in [0.5, 0.6) is 0 Å². The Kier molecular flexibility index (Phi) is 4.43. The van der Waals surface area contributed by atoms with Crippen LogP contribution >= 0.6 is 0 Å². The third-order valence-corrected chi connectivity index (χ3v) is 6.72. The predicted octanol–water partition coefficient (Wildman–Crippen LogP) is 3.30. The van der Waals surface area contributed by atoms with Crippen LogP contribution in [0.1, 0.15) is 5.56 Å². The molecule has 32 heavy (non-hydrogen) atoms. The zero-order valence-corrected chi connectivity index (χ0v) is 18.1. The highest BCUT2D eigenvalue weighted by Gasteiger charge is 2.39. The van der Waals surface area contributed by atoms with Gasteiger partial charge < -0.3 is 9.80 Å². The standard InChI is InChI=1S/C24H24FN7/c1-15-9-21(31-13-18-11-30(2)12-19(18)14-31)29-32-23(17-7-8-26-27-10-17)22(28-24(15)32)16-3-5-20(25)6-4-16/h3-10,18-19H,11-14H2,1-2H3. The van der Waals surface area contributed by atoms with Crippen molar-refractivity contribution in [1.29, 1.82) is 0 Å². The van der Waals surface area contributed by atoms with Gasteiger partial charge in [0.05, 0.1) is 18.1 Å². The van der Waals surface area contributed by atoms with E-state index in [2.05, 4.69) is 40.0 Å². The number of fused-ring (bicyclic) bond motifs is 2. The monoisotopic (exact) mass is 429 g/mol. The summed E-state index contributed by atoms with van der Waals surface area (Å²) >= 11 is 0. The third-order valence-electron chi connectivity index (χ3n) is 6.72. The Labute approximate surface area is 185 Å². The highest BCUT2D eigenvalue weighted by Crippen LogP contribution is 2.36. The molecule has 6 rings (SSSR count). The maximum Gasteiger partial charge on any atom is 0.158 e. The molecule has 0 bridgehead atoms. The first-order valence-corrected chi connectivity index (χ1v) is 10.9. The van der Waals surface area contributed by atoms with Crippen molar-refractivity contribution in [3.63, 3.8) is 0 Å². The van der Waals surface area contributed by atoms with E-state index in [-0.39, 0.29) is 5.82 Å². The number of benzene rings is 1. The lowest BCUT2D eigenvalue weighted by Crippen LogP contribution is -2.27. The molecule has 2 aliphatic rings. The van der Waals surface area contributed by atoms with Crippen LogP contribution in [0.3, 0.4) is 0 Å². The molecule has 5 heterocycles. The zero-order valence-electron chi connectivity index (χ0n) is 18.1. The molecule has 4 aromatic rings. The molecule has 2 saturated heterocycles. The minimum atomic E-state index is -0.272. The van der Waals surface area contributed by atoms with Crippen LogP contribution in [0, 0.1) is 24.6 Å². The predicted molar refractivity (Wildman–Crippen MR) is 121 cm³/mol. The average Bonchev–Trinajstić information content (AvgIpc) is 3.46. The fourth-order valence-electron chi connectivity index (χ4n) is 5.22. The van der Waals surface area contributed by atoms with E-state index in [9.17, 15) is 4.39 Å². The summed E-state index contributed by atoms with van der Waals surface area (Å²) in [5.74, 6) is 2.09. The first-order valence-electron chi connectivity index (χ1n) is 10.9. The molecule has 8 heteroatoms. The Morgan fingerprint density at radius 2 is 1.69 bits per heavy atom. The number of hydrogen-bond acceptors (Lipinski definition) is 6. The van der Waals surface area contributed by atoms with E-state index >= 15 is 0 Å². The maximum absolute atomic E-state index is 13.6. The van der Waals surface area contributed by atoms with Crippen molar-refractivity contribution < 1.29 is 4.39 Å². The van der Waals surface area contributed by atoms with Crippen LogP contribution < -0.4 is 4.90 Å². The first kappa shape index (κ1) is 19.3. The SMILES string of the molecule is Cc1cc(N2CC3CN(C)CC3C2)nn2c(-c3ccnnc3)c(-c3ccc(F)cc3)nc12. The van der Waals surface area contributed by atoms with Gasteiger partial charge in [0.25, 0.3) is 0 Å². The van der Waals surface area contributed by atoms with Gasteiger partial charge in [0, 0.05) is 37.3 Å². The maximum atomic E-state index is 13.6. The number of nitrogens with zero attached hydrogens (tertiary/aromatic N) is 7. The summed E-state index contributed by atoms with van der Waals surface area (Å²) in [7, 11) is 2.20. The molecule has 2 aliphatic heterocycles. The molecular formula is C24H24FN7. The summed E-state index contributed by atoms with van der Waals surface area (Å²) in [4.78, 5) is 9.76. The topological polar surface area (TPSA) is 62.5 Å². The van der Waals surface area contributed by atoms with Crippen molar-refractivity contribution in [3.05, 3.63) is 60.2 Å². The number of aromatic nitrogens is 5. The second kappa shape index (κ2) is 7.34. The molecular weight excluding hydrogens is 405 g/mol. The Balaban J connectivity index is 1.51. The molecule has 0 radical (unpaired) electrons. The van der Waals surface area contributed by atoms with Crippen molar-refractivity contribution in [2.45, 2.75) is 6.92 Å². The number of halogens is 1. The first-order chi connectivity index (χ1) is 15.6. The number of rotatable bonds is 3. The molecule has 3 aromatic heterocycles. The number of likely N-dealkylation sites (tertiary alicyclic amines) is 1. The van der Waals surface area contributed by atoms with E-state index in [0.29, 0.717) is 11.8 Å². The smallest absolute Gasteiger partial charge is 0.158 e. The van der Waals surface area contributed by atoms with Gasteiger partial charge in [0.2, 0.25) is 0 Å². The molecule has 2 fully saturated rings. The normalized spacial score (nSPS) is 20.9. The molecule has 2 atom stereocenters. The largest absolute Gasteiger partial charge is 0.354 e. The fraction of sp³-hybridized carbons (Fsp3) is 0.333. The molecule has 0 aliphatic carbocycles. The van der Waals surface area contributed by atoms with Gasteiger partial charge in [-0.3, -0.25) is 0 Å². The van der Waals surface area contributed by atoms with Gasteiger partial charge in [0.15, 0.2) is 5.65 Å². The lowest BCUT2D eigenvalue weighted by atomic mass is 10.0. The molecule has 0 N–H and O–H groups in total. The zero-order chi connectivity index (χ0) is 21.8. The quantitative estimate of drug-likeness (QED) is 0.498. The second-order valence-corrected chi connectivity index (χ2v) is 9.01. The van der Waals surface area contributed by atoms with Crippen LogP contribution in [0.15, 0.2) is 48.8 Å². The summed E-state index contributed by atoms with van der Waals surface area (Å²) < 4.78 is 15.5. The van der Waals surface area contributed by atoms with Gasteiger partial charge in [-0.2, -0.15) is 10.2 Å². The Morgan fingerprint density at radius 3 is 2.38 bits per heavy atom. The third kappa shape index (κ3) is 3.14. The molecule has 0 spiro atoms. The van der Waals surface area contributed by atoms with E-state index < -0.39 is 0 Å². The summed E-state index contributed by atoms with van der Waals surface area (Å²) in [5, 5.41) is 13.0. The summed E-state index contributed by atoms with van der Waals surface area (Å²) in [6, 6.07) is 10.5. The second-order valence-electron chi connectivity index (χ2n) is 9.01. The van der Waals surface area contributed by atoms with Gasteiger partial charge >= 0.3 is 0 Å². The van der Waals surface area contributed by atoms with Gasteiger partial charge in [-0.1, -0.05) is 0 Å². The van der Waals surface area contributed by atoms with E-state index in [1.807, 2.05) is 10.6 Å². The van der Waals surface area contributed by atoms with Crippen molar-refractivity contribution in [1.82, 2.24) is 29.7 Å². The van der Waals surface area contributed by atoms with Gasteiger partial charge in [-0.05, 0) is 67.8 Å². The van der Waals surface area contributed by atoms with E-state index in [1.165, 1.54) is 12.1 Å². The van der Waals surface area contributed by atoms with Gasteiger partial charge in [0.1, 0.15) is 17.3 Å². The Hall–Kier alpha value is -3.39. The Bertz CT molecular complexity index is 1270.